The molecule has 7 nitrogen and oxygen atoms in total. The number of nitrogens with zero attached hydrogens (tertiary/aromatic N) is 1. The van der Waals surface area contributed by atoms with Gasteiger partial charge in [-0.3, -0.25) is 14.6 Å². The van der Waals surface area contributed by atoms with Crippen molar-refractivity contribution < 1.29 is 37.3 Å². The number of carbonyl (C=O) groups excluding carboxylic acids is 1. The summed E-state index contributed by atoms with van der Waals surface area (Å²) >= 11 is 6.50. The molecular weight excluding hydrogens is 537 g/mol. The van der Waals surface area contributed by atoms with Gasteiger partial charge in [-0.1, -0.05) is 35.7 Å². The van der Waals surface area contributed by atoms with Crippen LogP contribution in [0, 0.1) is 11.8 Å². The van der Waals surface area contributed by atoms with Crippen molar-refractivity contribution in [2.75, 3.05) is 13.7 Å². The van der Waals surface area contributed by atoms with E-state index in [9.17, 15) is 22.8 Å². The van der Waals surface area contributed by atoms with Gasteiger partial charge in [0.1, 0.15) is 17.2 Å². The van der Waals surface area contributed by atoms with E-state index in [4.69, 9.17) is 26.2 Å². The first-order valence-corrected chi connectivity index (χ1v) is 12.0. The smallest absolute Gasteiger partial charge is 0.433 e. The number of benzene rings is 2. The Labute approximate surface area is 227 Å². The quantitative estimate of drug-likeness (QED) is 0.234. The minimum atomic E-state index is -4.68. The molecule has 0 atom stereocenters. The highest BCUT2D eigenvalue weighted by molar-refractivity contribution is 6.33. The number of pyridine rings is 1. The Kier molecular flexibility index (Phi) is 9.79. The Morgan fingerprint density at radius 3 is 2.54 bits per heavy atom. The first kappa shape index (κ1) is 29.3. The third-order valence-corrected chi connectivity index (χ3v) is 5.80. The number of aliphatic carboxylic acids is 1. The van der Waals surface area contributed by atoms with Gasteiger partial charge in [0, 0.05) is 47.5 Å². The minimum Gasteiger partial charge on any atom is -0.496 e. The maximum atomic E-state index is 13.3. The van der Waals surface area contributed by atoms with Crippen LogP contribution in [0.1, 0.15) is 46.9 Å². The number of para-hydroxylation sites is 1. The van der Waals surface area contributed by atoms with Gasteiger partial charge in [-0.05, 0) is 31.5 Å². The standard InChI is InChI=1S/C28H24ClF3N2O5/c1-3-7-17-12-25(28(30,31)32)33-16-21(17)19-13-20(24(14-22(19)29)39-11-6-10-26(35)36)27(37)34-15-18-8-4-5-9-23(18)38-2/h4-5,8-9,12-14,16H,6,10-11,15H2,1-2H3,(H,34,37)(H,35,36). The van der Waals surface area contributed by atoms with Crippen molar-refractivity contribution in [1.82, 2.24) is 10.3 Å². The number of hydrogen-bond acceptors (Lipinski definition) is 5. The van der Waals surface area contributed by atoms with E-state index in [0.29, 0.717) is 11.3 Å². The summed E-state index contributed by atoms with van der Waals surface area (Å²) in [5.41, 5.74) is 0.0638. The van der Waals surface area contributed by atoms with Crippen molar-refractivity contribution in [3.63, 3.8) is 0 Å². The number of nitrogens with one attached hydrogen (secondary N) is 1. The average molecular weight is 561 g/mol. The van der Waals surface area contributed by atoms with Gasteiger partial charge in [0.05, 0.1) is 24.3 Å². The third kappa shape index (κ3) is 7.65. The lowest BCUT2D eigenvalue weighted by molar-refractivity contribution is -0.141. The number of carbonyl (C=O) groups is 2. The van der Waals surface area contributed by atoms with E-state index in [1.54, 1.807) is 24.3 Å². The molecule has 2 N–H and O–H groups in total. The number of methoxy groups -OCH3 is 1. The highest BCUT2D eigenvalue weighted by atomic mass is 35.5. The number of amides is 1. The normalized spacial score (nSPS) is 10.8. The topological polar surface area (TPSA) is 97.8 Å². The largest absolute Gasteiger partial charge is 0.496 e. The van der Waals surface area contributed by atoms with E-state index in [0.717, 1.165) is 12.3 Å². The number of halogens is 4. The molecule has 0 saturated carbocycles. The Morgan fingerprint density at radius 2 is 1.87 bits per heavy atom. The van der Waals surface area contributed by atoms with E-state index < -0.39 is 23.7 Å². The predicted molar refractivity (Wildman–Crippen MR) is 139 cm³/mol. The van der Waals surface area contributed by atoms with Crippen molar-refractivity contribution in [3.05, 3.63) is 76.1 Å². The highest BCUT2D eigenvalue weighted by Crippen LogP contribution is 2.37. The lowest BCUT2D eigenvalue weighted by atomic mass is 9.98. The molecule has 0 aliphatic heterocycles. The molecule has 0 aliphatic carbocycles. The van der Waals surface area contributed by atoms with Crippen molar-refractivity contribution in [1.29, 1.82) is 0 Å². The van der Waals surface area contributed by atoms with E-state index in [1.807, 2.05) is 0 Å². The molecule has 1 aromatic heterocycles. The number of rotatable bonds is 10. The summed E-state index contributed by atoms with van der Waals surface area (Å²) in [6.07, 6.45) is -3.63. The Hall–Kier alpha value is -4.23. The molecule has 204 valence electrons. The van der Waals surface area contributed by atoms with Crippen LogP contribution in [-0.2, 0) is 17.5 Å². The molecule has 1 heterocycles. The van der Waals surface area contributed by atoms with Crippen LogP contribution in [0.3, 0.4) is 0 Å². The maximum absolute atomic E-state index is 13.3. The lowest BCUT2D eigenvalue weighted by Crippen LogP contribution is -2.24. The van der Waals surface area contributed by atoms with Crippen LogP contribution in [0.2, 0.25) is 5.02 Å². The number of alkyl halides is 3. The van der Waals surface area contributed by atoms with Crippen molar-refractivity contribution in [3.8, 4) is 34.5 Å². The van der Waals surface area contributed by atoms with E-state index >= 15 is 0 Å². The number of carboxylic acids is 1. The fraction of sp³-hybridized carbons (Fsp3) is 0.250. The molecule has 1 amide bonds. The maximum Gasteiger partial charge on any atom is 0.433 e. The van der Waals surface area contributed by atoms with E-state index in [-0.39, 0.29) is 59.0 Å². The second-order valence-electron chi connectivity index (χ2n) is 8.16. The number of aromatic nitrogens is 1. The summed E-state index contributed by atoms with van der Waals surface area (Å²) in [5.74, 6) is 4.31. The van der Waals surface area contributed by atoms with Crippen LogP contribution in [0.25, 0.3) is 11.1 Å². The summed E-state index contributed by atoms with van der Waals surface area (Å²) < 4.78 is 50.8. The SMILES string of the molecule is CC#Cc1cc(C(F)(F)F)ncc1-c1cc(C(=O)NCc2ccccc2OC)c(OCCCC(=O)O)cc1Cl. The second-order valence-corrected chi connectivity index (χ2v) is 8.56. The van der Waals surface area contributed by atoms with Crippen LogP contribution in [0.15, 0.2) is 48.7 Å². The fourth-order valence-corrected chi connectivity index (χ4v) is 3.90. The molecule has 0 aliphatic rings. The minimum absolute atomic E-state index is 0.0108. The molecule has 0 bridgehead atoms. The summed E-state index contributed by atoms with van der Waals surface area (Å²) in [4.78, 5) is 27.7. The summed E-state index contributed by atoms with van der Waals surface area (Å²) in [6, 6.07) is 10.7. The fourth-order valence-electron chi connectivity index (χ4n) is 3.65. The molecule has 0 spiro atoms. The zero-order valence-electron chi connectivity index (χ0n) is 21.0. The Balaban J connectivity index is 2.04. The lowest BCUT2D eigenvalue weighted by Gasteiger charge is -2.17. The van der Waals surface area contributed by atoms with Crippen LogP contribution in [-0.4, -0.2) is 35.7 Å². The zero-order valence-corrected chi connectivity index (χ0v) is 21.7. The molecule has 2 aromatic carbocycles. The molecule has 11 heteroatoms. The van der Waals surface area contributed by atoms with Crippen molar-refractivity contribution in [2.24, 2.45) is 0 Å². The molecule has 0 radical (unpaired) electrons. The van der Waals surface area contributed by atoms with Gasteiger partial charge in [0.25, 0.3) is 5.91 Å². The molecule has 0 fully saturated rings. The summed E-state index contributed by atoms with van der Waals surface area (Å²) in [6.45, 7) is 1.57. The van der Waals surface area contributed by atoms with Gasteiger partial charge < -0.3 is 19.9 Å². The molecule has 0 saturated heterocycles. The predicted octanol–water partition coefficient (Wildman–Crippen LogP) is 5.97. The van der Waals surface area contributed by atoms with Crippen LogP contribution in [0.5, 0.6) is 11.5 Å². The zero-order chi connectivity index (χ0) is 28.6. The number of carboxylic acid groups (broad SMARTS) is 1. The van der Waals surface area contributed by atoms with Gasteiger partial charge in [0.2, 0.25) is 0 Å². The monoisotopic (exact) mass is 560 g/mol. The van der Waals surface area contributed by atoms with Gasteiger partial charge in [-0.25, -0.2) is 0 Å². The molecule has 3 rings (SSSR count). The third-order valence-electron chi connectivity index (χ3n) is 5.48. The number of ether oxygens (including phenoxy) is 2. The Morgan fingerprint density at radius 1 is 1.13 bits per heavy atom. The van der Waals surface area contributed by atoms with Crippen molar-refractivity contribution >= 4 is 23.5 Å². The van der Waals surface area contributed by atoms with Gasteiger partial charge in [0.15, 0.2) is 0 Å². The van der Waals surface area contributed by atoms with E-state index in [1.165, 1.54) is 26.2 Å². The number of hydrogen-bond donors (Lipinski definition) is 2. The molecule has 0 unspecified atom stereocenters. The molecule has 3 aromatic rings. The molecular formula is C28H24ClF3N2O5. The average Bonchev–Trinajstić information content (AvgIpc) is 2.89. The van der Waals surface area contributed by atoms with Crippen LogP contribution >= 0.6 is 11.6 Å². The van der Waals surface area contributed by atoms with Gasteiger partial charge >= 0.3 is 12.1 Å². The summed E-state index contributed by atoms with van der Waals surface area (Å²) in [7, 11) is 1.50. The Bertz CT molecular complexity index is 1430. The first-order valence-electron chi connectivity index (χ1n) is 11.6. The summed E-state index contributed by atoms with van der Waals surface area (Å²) in [5, 5.41) is 11.7. The first-order chi connectivity index (χ1) is 18.5. The van der Waals surface area contributed by atoms with E-state index in [2.05, 4.69) is 22.1 Å². The second kappa shape index (κ2) is 13.0. The van der Waals surface area contributed by atoms with Crippen LogP contribution in [0.4, 0.5) is 13.2 Å². The highest BCUT2D eigenvalue weighted by Gasteiger charge is 2.33. The van der Waals surface area contributed by atoms with Crippen molar-refractivity contribution in [2.45, 2.75) is 32.5 Å². The van der Waals surface area contributed by atoms with Crippen LogP contribution < -0.4 is 14.8 Å². The van der Waals surface area contributed by atoms with Gasteiger partial charge in [-0.15, -0.1) is 5.92 Å². The molecule has 39 heavy (non-hydrogen) atoms. The van der Waals surface area contributed by atoms with Gasteiger partial charge in [-0.2, -0.15) is 13.2 Å².